The summed E-state index contributed by atoms with van der Waals surface area (Å²) in [6, 6.07) is 3.79. The molecule has 1 aliphatic rings. The lowest BCUT2D eigenvalue weighted by Gasteiger charge is -2.18. The van der Waals surface area contributed by atoms with Gasteiger partial charge in [-0.15, -0.1) is 5.10 Å². The summed E-state index contributed by atoms with van der Waals surface area (Å²) in [5.74, 6) is -0.162. The van der Waals surface area contributed by atoms with Crippen molar-refractivity contribution < 1.29 is 19.4 Å². The standard InChI is InChI=1S/C19H25N5O4/c1-10-6-15(23-9-16(28-19(23)27)8-20-14(5)26)7-11(2)18(10)24-12(3)17(13(4)25)21-22-24/h6-7,13,16,25H,8-9H2,1-5H3,(H,20,26)/t13?,16-/m0/s1. The molecule has 3 rings (SSSR count). The second-order valence-electron chi connectivity index (χ2n) is 7.13. The molecule has 1 fully saturated rings. The molecular weight excluding hydrogens is 362 g/mol. The van der Waals surface area contributed by atoms with Gasteiger partial charge in [0, 0.05) is 12.6 Å². The van der Waals surface area contributed by atoms with Gasteiger partial charge in [-0.25, -0.2) is 9.48 Å². The van der Waals surface area contributed by atoms with Crippen LogP contribution in [-0.4, -0.2) is 51.3 Å². The number of aryl methyl sites for hydroxylation is 2. The smallest absolute Gasteiger partial charge is 0.414 e. The molecule has 2 atom stereocenters. The molecule has 0 saturated carbocycles. The predicted octanol–water partition coefficient (Wildman–Crippen LogP) is 1.71. The molecule has 1 aromatic carbocycles. The number of hydrogen-bond acceptors (Lipinski definition) is 6. The molecule has 1 aromatic heterocycles. The minimum absolute atomic E-state index is 0.162. The van der Waals surface area contributed by atoms with Crippen molar-refractivity contribution in [3.8, 4) is 5.69 Å². The molecule has 28 heavy (non-hydrogen) atoms. The van der Waals surface area contributed by atoms with Gasteiger partial charge in [-0.1, -0.05) is 5.21 Å². The molecule has 0 radical (unpaired) electrons. The van der Waals surface area contributed by atoms with Gasteiger partial charge >= 0.3 is 6.09 Å². The van der Waals surface area contributed by atoms with E-state index < -0.39 is 12.2 Å². The Kier molecular flexibility index (Phi) is 5.37. The molecule has 2 aromatic rings. The van der Waals surface area contributed by atoms with Crippen LogP contribution < -0.4 is 10.2 Å². The number of aliphatic hydroxyl groups is 1. The monoisotopic (exact) mass is 387 g/mol. The summed E-state index contributed by atoms with van der Waals surface area (Å²) in [7, 11) is 0. The average Bonchev–Trinajstić information content (AvgIpc) is 3.16. The molecule has 9 heteroatoms. The zero-order valence-corrected chi connectivity index (χ0v) is 16.7. The van der Waals surface area contributed by atoms with Gasteiger partial charge in [0.05, 0.1) is 30.6 Å². The van der Waals surface area contributed by atoms with Gasteiger partial charge in [0.1, 0.15) is 11.8 Å². The van der Waals surface area contributed by atoms with Gasteiger partial charge in [-0.05, 0) is 51.0 Å². The minimum atomic E-state index is -0.700. The molecule has 0 aliphatic carbocycles. The van der Waals surface area contributed by atoms with E-state index in [2.05, 4.69) is 15.6 Å². The molecule has 9 nitrogen and oxygen atoms in total. The lowest BCUT2D eigenvalue weighted by atomic mass is 10.1. The van der Waals surface area contributed by atoms with Gasteiger partial charge in [-0.2, -0.15) is 0 Å². The first-order valence-electron chi connectivity index (χ1n) is 9.13. The van der Waals surface area contributed by atoms with Crippen molar-refractivity contribution in [3.05, 3.63) is 34.6 Å². The molecule has 1 unspecified atom stereocenters. The molecule has 0 spiro atoms. The molecule has 2 N–H and O–H groups in total. The first-order valence-corrected chi connectivity index (χ1v) is 9.13. The number of ether oxygens (including phenoxy) is 1. The SMILES string of the molecule is CC(=O)NC[C@H]1CN(c2cc(C)c(-n3nnc(C(C)O)c3C)c(C)c2)C(=O)O1. The third-order valence-corrected chi connectivity index (χ3v) is 4.78. The first kappa shape index (κ1) is 19.8. The first-order chi connectivity index (χ1) is 13.2. The van der Waals surface area contributed by atoms with E-state index in [0.29, 0.717) is 12.2 Å². The summed E-state index contributed by atoms with van der Waals surface area (Å²) < 4.78 is 7.05. The molecule has 1 saturated heterocycles. The van der Waals surface area contributed by atoms with Gasteiger partial charge < -0.3 is 15.2 Å². The minimum Gasteiger partial charge on any atom is -0.442 e. The number of nitrogens with zero attached hydrogens (tertiary/aromatic N) is 4. The fraction of sp³-hybridized carbons (Fsp3) is 0.474. The number of aromatic nitrogens is 3. The Morgan fingerprint density at radius 3 is 2.54 bits per heavy atom. The number of amides is 2. The van der Waals surface area contributed by atoms with E-state index in [9.17, 15) is 14.7 Å². The van der Waals surface area contributed by atoms with Gasteiger partial charge in [0.25, 0.3) is 0 Å². The van der Waals surface area contributed by atoms with Crippen LogP contribution in [0.2, 0.25) is 0 Å². The van der Waals surface area contributed by atoms with E-state index in [1.807, 2.05) is 32.9 Å². The number of carbonyl (C=O) groups is 2. The number of rotatable bonds is 5. The number of nitrogens with one attached hydrogen (secondary N) is 1. The number of aliphatic hydroxyl groups excluding tert-OH is 1. The van der Waals surface area contributed by atoms with Crippen LogP contribution in [0, 0.1) is 20.8 Å². The zero-order chi connectivity index (χ0) is 20.6. The van der Waals surface area contributed by atoms with Crippen molar-refractivity contribution in [2.24, 2.45) is 0 Å². The summed E-state index contributed by atoms with van der Waals surface area (Å²) >= 11 is 0. The molecule has 0 bridgehead atoms. The van der Waals surface area contributed by atoms with E-state index in [0.717, 1.165) is 28.2 Å². The second-order valence-corrected chi connectivity index (χ2v) is 7.13. The number of anilines is 1. The van der Waals surface area contributed by atoms with Crippen molar-refractivity contribution in [1.82, 2.24) is 20.3 Å². The summed E-state index contributed by atoms with van der Waals surface area (Å²) in [6.45, 7) is 9.46. The Balaban J connectivity index is 1.89. The van der Waals surface area contributed by atoms with Crippen molar-refractivity contribution in [2.75, 3.05) is 18.0 Å². The second kappa shape index (κ2) is 7.59. The Morgan fingerprint density at radius 2 is 2.00 bits per heavy atom. The molecule has 2 amide bonds. The normalized spacial score (nSPS) is 17.6. The number of benzene rings is 1. The molecule has 1 aliphatic heterocycles. The highest BCUT2D eigenvalue weighted by molar-refractivity contribution is 5.90. The van der Waals surface area contributed by atoms with E-state index in [1.165, 1.54) is 6.92 Å². The third-order valence-electron chi connectivity index (χ3n) is 4.78. The van der Waals surface area contributed by atoms with E-state index in [4.69, 9.17) is 4.74 Å². The zero-order valence-electron chi connectivity index (χ0n) is 16.7. The van der Waals surface area contributed by atoms with E-state index in [-0.39, 0.29) is 18.6 Å². The van der Waals surface area contributed by atoms with Crippen molar-refractivity contribution in [1.29, 1.82) is 0 Å². The van der Waals surface area contributed by atoms with Crippen LogP contribution in [0.3, 0.4) is 0 Å². The Labute approximate surface area is 163 Å². The third kappa shape index (κ3) is 3.70. The maximum absolute atomic E-state index is 12.3. The van der Waals surface area contributed by atoms with Crippen molar-refractivity contribution in [3.63, 3.8) is 0 Å². The number of cyclic esters (lactones) is 1. The van der Waals surface area contributed by atoms with Crippen LogP contribution in [0.5, 0.6) is 0 Å². The highest BCUT2D eigenvalue weighted by atomic mass is 16.6. The van der Waals surface area contributed by atoms with Crippen LogP contribution in [0.1, 0.15) is 42.5 Å². The van der Waals surface area contributed by atoms with Gasteiger partial charge in [0.15, 0.2) is 0 Å². The van der Waals surface area contributed by atoms with Gasteiger partial charge in [-0.3, -0.25) is 9.69 Å². The summed E-state index contributed by atoms with van der Waals surface area (Å²) in [5, 5.41) is 20.8. The summed E-state index contributed by atoms with van der Waals surface area (Å²) in [6.07, 6.45) is -1.52. The summed E-state index contributed by atoms with van der Waals surface area (Å²) in [5.41, 5.74) is 4.72. The van der Waals surface area contributed by atoms with Crippen molar-refractivity contribution >= 4 is 17.7 Å². The highest BCUT2D eigenvalue weighted by Crippen LogP contribution is 2.30. The lowest BCUT2D eigenvalue weighted by Crippen LogP contribution is -2.33. The predicted molar refractivity (Wildman–Crippen MR) is 103 cm³/mol. The maximum Gasteiger partial charge on any atom is 0.414 e. The van der Waals surface area contributed by atoms with Gasteiger partial charge in [0.2, 0.25) is 5.91 Å². The number of carbonyl (C=O) groups excluding carboxylic acids is 2. The van der Waals surface area contributed by atoms with Crippen LogP contribution in [0.4, 0.5) is 10.5 Å². The molecule has 150 valence electrons. The average molecular weight is 387 g/mol. The largest absolute Gasteiger partial charge is 0.442 e. The lowest BCUT2D eigenvalue weighted by molar-refractivity contribution is -0.119. The molecule has 2 heterocycles. The van der Waals surface area contributed by atoms with Crippen LogP contribution in [0.25, 0.3) is 5.69 Å². The van der Waals surface area contributed by atoms with Crippen LogP contribution >= 0.6 is 0 Å². The van der Waals surface area contributed by atoms with Crippen LogP contribution in [0.15, 0.2) is 12.1 Å². The topological polar surface area (TPSA) is 110 Å². The molecular formula is C19H25N5O4. The van der Waals surface area contributed by atoms with Crippen LogP contribution in [-0.2, 0) is 9.53 Å². The number of hydrogen-bond donors (Lipinski definition) is 2. The summed E-state index contributed by atoms with van der Waals surface area (Å²) in [4.78, 5) is 24.9. The maximum atomic E-state index is 12.3. The Morgan fingerprint density at radius 1 is 1.36 bits per heavy atom. The van der Waals surface area contributed by atoms with E-state index in [1.54, 1.807) is 16.5 Å². The Bertz CT molecular complexity index is 898. The highest BCUT2D eigenvalue weighted by Gasteiger charge is 2.33. The Hall–Kier alpha value is -2.94. The fourth-order valence-corrected chi connectivity index (χ4v) is 3.46. The quantitative estimate of drug-likeness (QED) is 0.808. The van der Waals surface area contributed by atoms with E-state index >= 15 is 0 Å². The van der Waals surface area contributed by atoms with Crippen molar-refractivity contribution in [2.45, 2.75) is 46.8 Å². The fourth-order valence-electron chi connectivity index (χ4n) is 3.46.